The number of piperazine rings is 1. The fraction of sp³-hybridized carbons (Fsp3) is 0.455. The summed E-state index contributed by atoms with van der Waals surface area (Å²) in [5.74, 6) is 0.465. The van der Waals surface area contributed by atoms with Crippen LogP contribution in [0.2, 0.25) is 0 Å². The number of quaternary nitrogens is 1. The van der Waals surface area contributed by atoms with E-state index >= 15 is 0 Å². The SMILES string of the molecule is COC(=O)c1c(C)[nH]c(C(=O)[C@@H](C)[NH+]2CCN(c3cccc(OC)c3)CC2)c1C. The number of nitrogens with zero attached hydrogens (tertiary/aromatic N) is 1. The van der Waals surface area contributed by atoms with E-state index in [4.69, 9.17) is 9.47 Å². The van der Waals surface area contributed by atoms with Gasteiger partial charge in [0.2, 0.25) is 5.78 Å². The molecule has 7 nitrogen and oxygen atoms in total. The molecule has 0 amide bonds. The average molecular weight is 400 g/mol. The van der Waals surface area contributed by atoms with E-state index < -0.39 is 5.97 Å². The van der Waals surface area contributed by atoms with Gasteiger partial charge in [0.05, 0.1) is 51.7 Å². The molecule has 0 aliphatic carbocycles. The highest BCUT2D eigenvalue weighted by atomic mass is 16.5. The van der Waals surface area contributed by atoms with Gasteiger partial charge in [0.25, 0.3) is 0 Å². The van der Waals surface area contributed by atoms with Crippen molar-refractivity contribution in [2.24, 2.45) is 0 Å². The fourth-order valence-corrected chi connectivity index (χ4v) is 4.10. The summed E-state index contributed by atoms with van der Waals surface area (Å²) in [6, 6.07) is 7.87. The lowest BCUT2D eigenvalue weighted by Gasteiger charge is -2.36. The molecule has 0 bridgehead atoms. The summed E-state index contributed by atoms with van der Waals surface area (Å²) in [7, 11) is 3.02. The Kier molecular flexibility index (Phi) is 6.27. The minimum atomic E-state index is -0.415. The predicted octanol–water partition coefficient (Wildman–Crippen LogP) is 1.40. The zero-order valence-electron chi connectivity index (χ0n) is 17.8. The lowest BCUT2D eigenvalue weighted by atomic mass is 10.0. The molecule has 0 unspecified atom stereocenters. The molecular weight excluding hydrogens is 370 g/mol. The maximum atomic E-state index is 13.1. The van der Waals surface area contributed by atoms with Crippen molar-refractivity contribution >= 4 is 17.4 Å². The van der Waals surface area contributed by atoms with Crippen LogP contribution in [0.15, 0.2) is 24.3 Å². The Hall–Kier alpha value is -2.80. The minimum absolute atomic E-state index is 0.0329. The Balaban J connectivity index is 1.68. The summed E-state index contributed by atoms with van der Waals surface area (Å²) in [4.78, 5) is 31.8. The van der Waals surface area contributed by atoms with Crippen molar-refractivity contribution in [1.82, 2.24) is 4.98 Å². The molecule has 29 heavy (non-hydrogen) atoms. The number of nitrogens with one attached hydrogen (secondary N) is 2. The third-order valence-corrected chi connectivity index (χ3v) is 5.90. The van der Waals surface area contributed by atoms with Crippen molar-refractivity contribution in [3.05, 3.63) is 46.8 Å². The molecule has 1 aliphatic rings. The van der Waals surface area contributed by atoms with Crippen LogP contribution in [0, 0.1) is 13.8 Å². The van der Waals surface area contributed by atoms with Gasteiger partial charge in [-0.2, -0.15) is 0 Å². The number of carbonyl (C=O) groups is 2. The van der Waals surface area contributed by atoms with Crippen molar-refractivity contribution in [2.45, 2.75) is 26.8 Å². The normalized spacial score (nSPS) is 15.8. The highest BCUT2D eigenvalue weighted by molar-refractivity contribution is 6.03. The van der Waals surface area contributed by atoms with Crippen LogP contribution in [-0.2, 0) is 4.74 Å². The molecule has 7 heteroatoms. The molecule has 2 aromatic rings. The molecule has 1 atom stereocenters. The lowest BCUT2D eigenvalue weighted by molar-refractivity contribution is -0.914. The van der Waals surface area contributed by atoms with Crippen LogP contribution in [0.3, 0.4) is 0 Å². The monoisotopic (exact) mass is 400 g/mol. The van der Waals surface area contributed by atoms with Crippen LogP contribution >= 0.6 is 0 Å². The Morgan fingerprint density at radius 1 is 1.17 bits per heavy atom. The van der Waals surface area contributed by atoms with Crippen molar-refractivity contribution in [3.63, 3.8) is 0 Å². The standard InChI is InChI=1S/C22H29N3O4/c1-14-19(22(27)29-5)15(2)23-20(14)21(26)16(3)24-9-11-25(12-10-24)17-7-6-8-18(13-17)28-4/h6-8,13,16,23H,9-12H2,1-5H3/p+1/t16-/m1/s1. The molecule has 2 N–H and O–H groups in total. The van der Waals surface area contributed by atoms with Gasteiger partial charge in [0, 0.05) is 17.4 Å². The zero-order chi connectivity index (χ0) is 21.1. The number of hydrogen-bond donors (Lipinski definition) is 2. The van der Waals surface area contributed by atoms with Crippen molar-refractivity contribution < 1.29 is 24.0 Å². The number of Topliss-reactive ketones (excluding diaryl/α,β-unsaturated/α-hetero) is 1. The third-order valence-electron chi connectivity index (χ3n) is 5.90. The van der Waals surface area contributed by atoms with Gasteiger partial charge < -0.3 is 24.3 Å². The van der Waals surface area contributed by atoms with Gasteiger partial charge in [-0.25, -0.2) is 4.79 Å². The number of ether oxygens (including phenoxy) is 2. The molecule has 0 radical (unpaired) electrons. The topological polar surface area (TPSA) is 76.1 Å². The summed E-state index contributed by atoms with van der Waals surface area (Å²) < 4.78 is 10.2. The number of H-pyrrole nitrogens is 1. The molecule has 1 saturated heterocycles. The number of benzene rings is 1. The van der Waals surface area contributed by atoms with Crippen LogP contribution < -0.4 is 14.5 Å². The van der Waals surface area contributed by atoms with Crippen molar-refractivity contribution in [3.8, 4) is 5.75 Å². The van der Waals surface area contributed by atoms with Gasteiger partial charge in [-0.15, -0.1) is 0 Å². The molecule has 3 rings (SSSR count). The number of aromatic amines is 1. The van der Waals surface area contributed by atoms with Crippen LogP contribution in [0.4, 0.5) is 5.69 Å². The molecule has 0 saturated carbocycles. The molecule has 2 heterocycles. The number of aryl methyl sites for hydroxylation is 1. The van der Waals surface area contributed by atoms with E-state index in [9.17, 15) is 9.59 Å². The highest BCUT2D eigenvalue weighted by Crippen LogP contribution is 2.22. The quantitative estimate of drug-likeness (QED) is 0.566. The van der Waals surface area contributed by atoms with E-state index in [-0.39, 0.29) is 11.8 Å². The first-order valence-corrected chi connectivity index (χ1v) is 9.92. The number of rotatable bonds is 6. The molecule has 0 spiro atoms. The van der Waals surface area contributed by atoms with E-state index in [0.29, 0.717) is 22.5 Å². The smallest absolute Gasteiger partial charge is 0.339 e. The maximum absolute atomic E-state index is 13.1. The zero-order valence-corrected chi connectivity index (χ0v) is 17.8. The van der Waals surface area contributed by atoms with Crippen molar-refractivity contribution in [1.29, 1.82) is 0 Å². The molecule has 1 aromatic carbocycles. The van der Waals surface area contributed by atoms with E-state index in [1.807, 2.05) is 25.1 Å². The number of anilines is 1. The maximum Gasteiger partial charge on any atom is 0.339 e. The minimum Gasteiger partial charge on any atom is -0.497 e. The Morgan fingerprint density at radius 3 is 2.48 bits per heavy atom. The number of carbonyl (C=O) groups excluding carboxylic acids is 2. The predicted molar refractivity (Wildman–Crippen MR) is 111 cm³/mol. The van der Waals surface area contributed by atoms with Crippen LogP contribution in [0.25, 0.3) is 0 Å². The van der Waals surface area contributed by atoms with Gasteiger partial charge in [0.15, 0.2) is 6.04 Å². The summed E-state index contributed by atoms with van der Waals surface area (Å²) in [6.07, 6.45) is 0. The first-order valence-electron chi connectivity index (χ1n) is 9.92. The largest absolute Gasteiger partial charge is 0.497 e. The number of methoxy groups -OCH3 is 2. The van der Waals surface area contributed by atoms with Crippen LogP contribution in [0.5, 0.6) is 5.75 Å². The van der Waals surface area contributed by atoms with Gasteiger partial charge in [-0.3, -0.25) is 4.79 Å². The number of ketones is 1. The fourth-order valence-electron chi connectivity index (χ4n) is 4.10. The first-order chi connectivity index (χ1) is 13.9. The summed E-state index contributed by atoms with van der Waals surface area (Å²) in [6.45, 7) is 9.03. The van der Waals surface area contributed by atoms with Crippen LogP contribution in [0.1, 0.15) is 39.0 Å². The molecule has 1 aliphatic heterocycles. The van der Waals surface area contributed by atoms with E-state index in [2.05, 4.69) is 16.0 Å². The summed E-state index contributed by atoms with van der Waals surface area (Å²) in [5, 5.41) is 0. The molecule has 1 aromatic heterocycles. The molecular formula is C22H30N3O4+. The van der Waals surface area contributed by atoms with Crippen LogP contribution in [-0.4, -0.2) is 63.2 Å². The van der Waals surface area contributed by atoms with Gasteiger partial charge in [-0.05, 0) is 38.5 Å². The number of esters is 1. The third kappa shape index (κ3) is 4.15. The average Bonchev–Trinajstić information content (AvgIpc) is 3.06. The van der Waals surface area contributed by atoms with Gasteiger partial charge >= 0.3 is 5.97 Å². The highest BCUT2D eigenvalue weighted by Gasteiger charge is 2.33. The van der Waals surface area contributed by atoms with Crippen molar-refractivity contribution in [2.75, 3.05) is 45.3 Å². The number of hydrogen-bond acceptors (Lipinski definition) is 5. The summed E-state index contributed by atoms with van der Waals surface area (Å²) >= 11 is 0. The Morgan fingerprint density at radius 2 is 1.86 bits per heavy atom. The van der Waals surface area contributed by atoms with Gasteiger partial charge in [0.1, 0.15) is 5.75 Å². The Labute approximate surface area is 171 Å². The second-order valence-electron chi connectivity index (χ2n) is 7.55. The van der Waals surface area contributed by atoms with Gasteiger partial charge in [-0.1, -0.05) is 6.07 Å². The second kappa shape index (κ2) is 8.69. The van der Waals surface area contributed by atoms with E-state index in [1.165, 1.54) is 12.0 Å². The summed E-state index contributed by atoms with van der Waals surface area (Å²) in [5.41, 5.74) is 3.45. The van der Waals surface area contributed by atoms with E-state index in [1.54, 1.807) is 21.0 Å². The van der Waals surface area contributed by atoms with E-state index in [0.717, 1.165) is 37.6 Å². The molecule has 1 fully saturated rings. The number of aromatic nitrogens is 1. The molecule has 156 valence electrons. The lowest BCUT2D eigenvalue weighted by Crippen LogP contribution is -3.18. The Bertz CT molecular complexity index is 897. The second-order valence-corrected chi connectivity index (χ2v) is 7.55. The first kappa shape index (κ1) is 20.9.